The maximum atomic E-state index is 11.1. The highest BCUT2D eigenvalue weighted by Gasteiger charge is 2.27. The summed E-state index contributed by atoms with van der Waals surface area (Å²) in [6.45, 7) is 0. The number of Topliss-reactive ketones (excluding diaryl/α,β-unsaturated/α-hetero) is 1. The fraction of sp³-hybridized carbons (Fsp3) is 0.600. The van der Waals surface area contributed by atoms with E-state index in [0.717, 1.165) is 12.8 Å². The summed E-state index contributed by atoms with van der Waals surface area (Å²) in [5.74, 6) is 1.02. The van der Waals surface area contributed by atoms with Gasteiger partial charge in [-0.3, -0.25) is 9.59 Å². The SMILES string of the molecule is O=C1C=C2CCC(=O)CC2CC1. The van der Waals surface area contributed by atoms with Crippen molar-refractivity contribution in [2.24, 2.45) is 5.92 Å². The van der Waals surface area contributed by atoms with E-state index < -0.39 is 0 Å². The van der Waals surface area contributed by atoms with Crippen LogP contribution in [0, 0.1) is 5.92 Å². The van der Waals surface area contributed by atoms with Crippen molar-refractivity contribution in [3.05, 3.63) is 11.6 Å². The number of ketones is 2. The summed E-state index contributed by atoms with van der Waals surface area (Å²) in [4.78, 5) is 22.1. The molecule has 2 heteroatoms. The predicted octanol–water partition coefficient (Wildman–Crippen LogP) is 1.64. The molecule has 12 heavy (non-hydrogen) atoms. The van der Waals surface area contributed by atoms with Gasteiger partial charge in [-0.1, -0.05) is 5.57 Å². The first-order chi connectivity index (χ1) is 5.75. The van der Waals surface area contributed by atoms with Gasteiger partial charge < -0.3 is 0 Å². The summed E-state index contributed by atoms with van der Waals surface area (Å²) in [6.07, 6.45) is 5.46. The maximum absolute atomic E-state index is 11.1. The topological polar surface area (TPSA) is 34.1 Å². The zero-order valence-electron chi connectivity index (χ0n) is 7.01. The zero-order valence-corrected chi connectivity index (χ0v) is 7.01. The summed E-state index contributed by atoms with van der Waals surface area (Å²) >= 11 is 0. The maximum Gasteiger partial charge on any atom is 0.155 e. The molecule has 0 amide bonds. The molecule has 0 N–H and O–H groups in total. The molecule has 2 nitrogen and oxygen atoms in total. The van der Waals surface area contributed by atoms with E-state index in [2.05, 4.69) is 0 Å². The number of allylic oxidation sites excluding steroid dienone is 2. The third-order valence-corrected chi connectivity index (χ3v) is 2.78. The van der Waals surface area contributed by atoms with Gasteiger partial charge in [-0.15, -0.1) is 0 Å². The van der Waals surface area contributed by atoms with E-state index in [-0.39, 0.29) is 5.78 Å². The van der Waals surface area contributed by atoms with Crippen LogP contribution in [-0.4, -0.2) is 11.6 Å². The van der Waals surface area contributed by atoms with Gasteiger partial charge in [0.25, 0.3) is 0 Å². The van der Waals surface area contributed by atoms with Crippen molar-refractivity contribution in [1.82, 2.24) is 0 Å². The lowest BCUT2D eigenvalue weighted by atomic mass is 9.77. The third kappa shape index (κ3) is 1.33. The van der Waals surface area contributed by atoms with Gasteiger partial charge in [0.2, 0.25) is 0 Å². The molecule has 1 atom stereocenters. The van der Waals surface area contributed by atoms with Crippen LogP contribution in [0.15, 0.2) is 11.6 Å². The van der Waals surface area contributed by atoms with E-state index in [9.17, 15) is 9.59 Å². The number of carbonyl (C=O) groups is 2. The van der Waals surface area contributed by atoms with Gasteiger partial charge in [0.1, 0.15) is 5.78 Å². The Morgan fingerprint density at radius 2 is 2.00 bits per heavy atom. The fourth-order valence-electron chi connectivity index (χ4n) is 2.07. The number of fused-ring (bicyclic) bond motifs is 1. The summed E-state index contributed by atoms with van der Waals surface area (Å²) < 4.78 is 0. The van der Waals surface area contributed by atoms with E-state index in [1.165, 1.54) is 5.57 Å². The van der Waals surface area contributed by atoms with Crippen LogP contribution >= 0.6 is 0 Å². The van der Waals surface area contributed by atoms with Crippen molar-refractivity contribution < 1.29 is 9.59 Å². The molecule has 0 radical (unpaired) electrons. The largest absolute Gasteiger partial charge is 0.300 e. The smallest absolute Gasteiger partial charge is 0.155 e. The minimum Gasteiger partial charge on any atom is -0.300 e. The number of carbonyl (C=O) groups excluding carboxylic acids is 2. The van der Waals surface area contributed by atoms with Crippen LogP contribution < -0.4 is 0 Å². The van der Waals surface area contributed by atoms with Crippen LogP contribution in [0.2, 0.25) is 0 Å². The molecule has 2 aliphatic carbocycles. The molecule has 0 saturated heterocycles. The second-order valence-corrected chi connectivity index (χ2v) is 3.66. The van der Waals surface area contributed by atoms with Crippen LogP contribution in [0.1, 0.15) is 32.1 Å². The van der Waals surface area contributed by atoms with Crippen molar-refractivity contribution in [1.29, 1.82) is 0 Å². The molecule has 64 valence electrons. The average Bonchev–Trinajstić information content (AvgIpc) is 2.05. The second kappa shape index (κ2) is 2.85. The standard InChI is InChI=1S/C10H12O2/c11-9-3-1-7-5-10(12)4-2-8(7)6-9/h5,8H,1-4,6H2. The molecule has 2 rings (SSSR count). The molecule has 0 aromatic rings. The van der Waals surface area contributed by atoms with Gasteiger partial charge in [0.15, 0.2) is 5.78 Å². The highest BCUT2D eigenvalue weighted by Crippen LogP contribution is 2.33. The van der Waals surface area contributed by atoms with Crippen LogP contribution in [0.4, 0.5) is 0 Å². The molecule has 1 fully saturated rings. The third-order valence-electron chi connectivity index (χ3n) is 2.78. The van der Waals surface area contributed by atoms with Crippen LogP contribution in [0.25, 0.3) is 0 Å². The summed E-state index contributed by atoms with van der Waals surface area (Å²) in [6, 6.07) is 0. The Labute approximate surface area is 71.6 Å². The van der Waals surface area contributed by atoms with Crippen molar-refractivity contribution >= 4 is 11.6 Å². The Morgan fingerprint density at radius 1 is 1.17 bits per heavy atom. The lowest BCUT2D eigenvalue weighted by Crippen LogP contribution is -2.22. The lowest BCUT2D eigenvalue weighted by molar-refractivity contribution is -0.122. The van der Waals surface area contributed by atoms with Gasteiger partial charge >= 0.3 is 0 Å². The number of rotatable bonds is 0. The number of hydrogen-bond donors (Lipinski definition) is 0. The van der Waals surface area contributed by atoms with E-state index in [0.29, 0.717) is 31.0 Å². The first-order valence-corrected chi connectivity index (χ1v) is 4.50. The summed E-state index contributed by atoms with van der Waals surface area (Å²) in [7, 11) is 0. The Balaban J connectivity index is 2.18. The van der Waals surface area contributed by atoms with Crippen molar-refractivity contribution in [2.75, 3.05) is 0 Å². The Kier molecular flexibility index (Phi) is 1.83. The van der Waals surface area contributed by atoms with Gasteiger partial charge in [-0.2, -0.15) is 0 Å². The van der Waals surface area contributed by atoms with Gasteiger partial charge in [0, 0.05) is 19.3 Å². The number of hydrogen-bond acceptors (Lipinski definition) is 2. The van der Waals surface area contributed by atoms with Crippen LogP contribution in [0.3, 0.4) is 0 Å². The quantitative estimate of drug-likeness (QED) is 0.545. The molecule has 0 bridgehead atoms. The second-order valence-electron chi connectivity index (χ2n) is 3.66. The van der Waals surface area contributed by atoms with E-state index in [4.69, 9.17) is 0 Å². The average molecular weight is 164 g/mol. The molecule has 1 unspecified atom stereocenters. The van der Waals surface area contributed by atoms with Gasteiger partial charge in [-0.25, -0.2) is 0 Å². The monoisotopic (exact) mass is 164 g/mol. The van der Waals surface area contributed by atoms with E-state index >= 15 is 0 Å². The minimum atomic E-state index is 0.246. The molecule has 0 aliphatic heterocycles. The first-order valence-electron chi connectivity index (χ1n) is 4.50. The zero-order chi connectivity index (χ0) is 8.55. The fourth-order valence-corrected chi connectivity index (χ4v) is 2.07. The first kappa shape index (κ1) is 7.71. The Bertz CT molecular complexity index is 263. The molecule has 0 aromatic carbocycles. The Hall–Kier alpha value is -0.920. The summed E-state index contributed by atoms with van der Waals surface area (Å²) in [5.41, 5.74) is 1.23. The van der Waals surface area contributed by atoms with Gasteiger partial charge in [-0.05, 0) is 24.8 Å². The van der Waals surface area contributed by atoms with Crippen molar-refractivity contribution in [2.45, 2.75) is 32.1 Å². The van der Waals surface area contributed by atoms with E-state index in [1.54, 1.807) is 6.08 Å². The molecule has 0 heterocycles. The molecular formula is C10H12O2. The van der Waals surface area contributed by atoms with Gasteiger partial charge in [0.05, 0.1) is 0 Å². The molecule has 0 spiro atoms. The van der Waals surface area contributed by atoms with Crippen LogP contribution in [0.5, 0.6) is 0 Å². The highest BCUT2D eigenvalue weighted by atomic mass is 16.1. The predicted molar refractivity (Wildman–Crippen MR) is 44.7 cm³/mol. The minimum absolute atomic E-state index is 0.246. The van der Waals surface area contributed by atoms with E-state index in [1.807, 2.05) is 0 Å². The Morgan fingerprint density at radius 3 is 2.83 bits per heavy atom. The summed E-state index contributed by atoms with van der Waals surface area (Å²) in [5, 5.41) is 0. The van der Waals surface area contributed by atoms with Crippen LogP contribution in [-0.2, 0) is 9.59 Å². The van der Waals surface area contributed by atoms with Crippen molar-refractivity contribution in [3.63, 3.8) is 0 Å². The molecule has 0 aromatic heterocycles. The van der Waals surface area contributed by atoms with Crippen molar-refractivity contribution in [3.8, 4) is 0 Å². The molecule has 2 aliphatic rings. The molecular weight excluding hydrogens is 152 g/mol. The highest BCUT2D eigenvalue weighted by molar-refractivity contribution is 5.92. The molecule has 1 saturated carbocycles. The lowest BCUT2D eigenvalue weighted by Gasteiger charge is -2.26. The normalized spacial score (nSPS) is 29.7.